The summed E-state index contributed by atoms with van der Waals surface area (Å²) in [4.78, 5) is 4.06. The molecule has 0 saturated heterocycles. The van der Waals surface area contributed by atoms with Crippen LogP contribution in [0.1, 0.15) is 17.5 Å². The van der Waals surface area contributed by atoms with Gasteiger partial charge in [-0.2, -0.15) is 0 Å². The lowest BCUT2D eigenvalue weighted by Gasteiger charge is -2.00. The zero-order valence-electron chi connectivity index (χ0n) is 7.00. The Hall–Kier alpha value is -0.840. The first-order chi connectivity index (χ1) is 6.25. The van der Waals surface area contributed by atoms with Gasteiger partial charge in [0.2, 0.25) is 0 Å². The molecule has 0 amide bonds. The lowest BCUT2D eigenvalue weighted by atomic mass is 10.1. The molecule has 1 heterocycles. The molecule has 2 N–H and O–H groups in total. The number of nitrogen functional groups attached to an aromatic ring is 1. The SMILES string of the molecule is Nc1cc2c(cn1)C=C(I)CC=C2. The summed E-state index contributed by atoms with van der Waals surface area (Å²) in [5.41, 5.74) is 7.90. The zero-order valence-corrected chi connectivity index (χ0v) is 9.15. The van der Waals surface area contributed by atoms with Gasteiger partial charge in [0.1, 0.15) is 5.82 Å². The van der Waals surface area contributed by atoms with Crippen molar-refractivity contribution >= 4 is 40.6 Å². The molecular formula is C10H9IN2. The van der Waals surface area contributed by atoms with E-state index in [1.165, 1.54) is 3.58 Å². The van der Waals surface area contributed by atoms with E-state index in [2.05, 4.69) is 45.8 Å². The van der Waals surface area contributed by atoms with Crippen LogP contribution in [-0.4, -0.2) is 4.98 Å². The minimum Gasteiger partial charge on any atom is -0.384 e. The van der Waals surface area contributed by atoms with Gasteiger partial charge < -0.3 is 5.73 Å². The van der Waals surface area contributed by atoms with E-state index in [-0.39, 0.29) is 0 Å². The van der Waals surface area contributed by atoms with Gasteiger partial charge in [-0.15, -0.1) is 0 Å². The van der Waals surface area contributed by atoms with Crippen molar-refractivity contribution in [3.63, 3.8) is 0 Å². The van der Waals surface area contributed by atoms with Crippen LogP contribution in [0.15, 0.2) is 21.9 Å². The predicted molar refractivity (Wildman–Crippen MR) is 64.3 cm³/mol. The Balaban J connectivity index is 2.58. The van der Waals surface area contributed by atoms with E-state index in [1.807, 2.05) is 12.3 Å². The van der Waals surface area contributed by atoms with Gasteiger partial charge >= 0.3 is 0 Å². The molecule has 0 aliphatic heterocycles. The maximum absolute atomic E-state index is 5.60. The zero-order chi connectivity index (χ0) is 9.26. The normalized spacial score (nSPS) is 14.7. The number of rotatable bonds is 0. The van der Waals surface area contributed by atoms with Gasteiger partial charge in [0.05, 0.1) is 0 Å². The number of nitrogens with two attached hydrogens (primary N) is 1. The molecule has 66 valence electrons. The first kappa shape index (κ1) is 8.74. The van der Waals surface area contributed by atoms with E-state index in [4.69, 9.17) is 5.73 Å². The van der Waals surface area contributed by atoms with Crippen LogP contribution in [0.3, 0.4) is 0 Å². The second-order valence-electron chi connectivity index (χ2n) is 2.94. The van der Waals surface area contributed by atoms with Crippen LogP contribution in [-0.2, 0) is 0 Å². The van der Waals surface area contributed by atoms with Crippen molar-refractivity contribution in [3.8, 4) is 0 Å². The Labute approximate surface area is 90.7 Å². The smallest absolute Gasteiger partial charge is 0.123 e. The van der Waals surface area contributed by atoms with Gasteiger partial charge in [-0.25, -0.2) is 4.98 Å². The van der Waals surface area contributed by atoms with Crippen molar-refractivity contribution in [1.82, 2.24) is 4.98 Å². The Morgan fingerprint density at radius 2 is 2.23 bits per heavy atom. The summed E-state index contributed by atoms with van der Waals surface area (Å²) in [6.45, 7) is 0. The molecule has 0 radical (unpaired) electrons. The lowest BCUT2D eigenvalue weighted by molar-refractivity contribution is 1.32. The van der Waals surface area contributed by atoms with E-state index >= 15 is 0 Å². The summed E-state index contributed by atoms with van der Waals surface area (Å²) >= 11 is 2.34. The third kappa shape index (κ3) is 1.91. The highest BCUT2D eigenvalue weighted by Crippen LogP contribution is 2.24. The van der Waals surface area contributed by atoms with Gasteiger partial charge in [-0.1, -0.05) is 12.2 Å². The summed E-state index contributed by atoms with van der Waals surface area (Å²) in [6.07, 6.45) is 9.19. The second kappa shape index (κ2) is 3.49. The molecule has 0 atom stereocenters. The van der Waals surface area contributed by atoms with Gasteiger partial charge in [0.25, 0.3) is 0 Å². The molecule has 13 heavy (non-hydrogen) atoms. The lowest BCUT2D eigenvalue weighted by Crippen LogP contribution is -1.91. The molecule has 1 aromatic rings. The average Bonchev–Trinajstić information content (AvgIpc) is 2.25. The number of nitrogens with zero attached hydrogens (tertiary/aromatic N) is 1. The van der Waals surface area contributed by atoms with Crippen molar-refractivity contribution in [3.05, 3.63) is 33.0 Å². The Morgan fingerprint density at radius 1 is 1.38 bits per heavy atom. The van der Waals surface area contributed by atoms with Crippen molar-refractivity contribution in [1.29, 1.82) is 0 Å². The molecule has 1 aromatic heterocycles. The van der Waals surface area contributed by atoms with Crippen LogP contribution in [0.25, 0.3) is 12.2 Å². The third-order valence-corrected chi connectivity index (χ3v) is 2.66. The Morgan fingerprint density at radius 3 is 3.08 bits per heavy atom. The molecule has 3 heteroatoms. The van der Waals surface area contributed by atoms with Gasteiger partial charge in [-0.05, 0) is 50.3 Å². The minimum absolute atomic E-state index is 0.578. The number of hydrogen-bond acceptors (Lipinski definition) is 2. The molecule has 1 aliphatic carbocycles. The van der Waals surface area contributed by atoms with Crippen molar-refractivity contribution in [2.24, 2.45) is 0 Å². The number of anilines is 1. The summed E-state index contributed by atoms with van der Waals surface area (Å²) in [6, 6.07) is 1.90. The van der Waals surface area contributed by atoms with E-state index in [0.29, 0.717) is 5.82 Å². The molecule has 2 nitrogen and oxygen atoms in total. The fourth-order valence-electron chi connectivity index (χ4n) is 1.29. The minimum atomic E-state index is 0.578. The number of pyridine rings is 1. The Bertz CT molecular complexity index is 394. The first-order valence-electron chi connectivity index (χ1n) is 4.04. The summed E-state index contributed by atoms with van der Waals surface area (Å²) in [5, 5.41) is 0. The van der Waals surface area contributed by atoms with Crippen LogP contribution < -0.4 is 5.73 Å². The Kier molecular flexibility index (Phi) is 2.35. The largest absolute Gasteiger partial charge is 0.384 e. The number of halogens is 1. The van der Waals surface area contributed by atoms with Gasteiger partial charge in [0, 0.05) is 11.8 Å². The summed E-state index contributed by atoms with van der Waals surface area (Å²) in [7, 11) is 0. The van der Waals surface area contributed by atoms with Crippen LogP contribution >= 0.6 is 22.6 Å². The molecule has 0 aromatic carbocycles. The van der Waals surface area contributed by atoms with E-state index in [0.717, 1.165) is 17.5 Å². The van der Waals surface area contributed by atoms with Crippen molar-refractivity contribution in [2.75, 3.05) is 5.73 Å². The van der Waals surface area contributed by atoms with E-state index < -0.39 is 0 Å². The average molecular weight is 284 g/mol. The van der Waals surface area contributed by atoms with Gasteiger partial charge in [-0.3, -0.25) is 0 Å². The van der Waals surface area contributed by atoms with E-state index in [1.54, 1.807) is 0 Å². The maximum atomic E-state index is 5.60. The van der Waals surface area contributed by atoms with E-state index in [9.17, 15) is 0 Å². The van der Waals surface area contributed by atoms with Crippen LogP contribution in [0.2, 0.25) is 0 Å². The standard InChI is InChI=1S/C10H9IN2/c11-9-3-1-2-7-5-10(12)13-6-8(7)4-9/h1-2,4-6H,3H2,(H2,12,13). The number of fused-ring (bicyclic) bond motifs is 1. The first-order valence-corrected chi connectivity index (χ1v) is 5.12. The molecular weight excluding hydrogens is 275 g/mol. The predicted octanol–water partition coefficient (Wildman–Crippen LogP) is 2.86. The maximum Gasteiger partial charge on any atom is 0.123 e. The highest BCUT2D eigenvalue weighted by Gasteiger charge is 2.02. The highest BCUT2D eigenvalue weighted by atomic mass is 127. The molecule has 0 spiro atoms. The van der Waals surface area contributed by atoms with Crippen LogP contribution in [0.5, 0.6) is 0 Å². The number of aromatic nitrogens is 1. The monoisotopic (exact) mass is 284 g/mol. The van der Waals surface area contributed by atoms with Crippen LogP contribution in [0, 0.1) is 0 Å². The molecule has 0 bridgehead atoms. The quantitative estimate of drug-likeness (QED) is 0.744. The summed E-state index contributed by atoms with van der Waals surface area (Å²) < 4.78 is 1.32. The van der Waals surface area contributed by atoms with Crippen molar-refractivity contribution < 1.29 is 0 Å². The second-order valence-corrected chi connectivity index (χ2v) is 4.32. The number of hydrogen-bond donors (Lipinski definition) is 1. The topological polar surface area (TPSA) is 38.9 Å². The molecule has 2 rings (SSSR count). The van der Waals surface area contributed by atoms with Crippen molar-refractivity contribution in [2.45, 2.75) is 6.42 Å². The molecule has 0 saturated carbocycles. The summed E-state index contributed by atoms with van der Waals surface area (Å²) in [5.74, 6) is 0.578. The molecule has 0 fully saturated rings. The highest BCUT2D eigenvalue weighted by molar-refractivity contribution is 14.1. The van der Waals surface area contributed by atoms with Gasteiger partial charge in [0.15, 0.2) is 0 Å². The number of allylic oxidation sites excluding steroid dienone is 2. The van der Waals surface area contributed by atoms with Crippen LogP contribution in [0.4, 0.5) is 5.82 Å². The fraction of sp³-hybridized carbons (Fsp3) is 0.100. The fourth-order valence-corrected chi connectivity index (χ4v) is 1.88. The molecule has 1 aliphatic rings. The molecule has 0 unspecified atom stereocenters. The third-order valence-electron chi connectivity index (χ3n) is 1.91.